The van der Waals surface area contributed by atoms with Gasteiger partial charge in [-0.2, -0.15) is 13.2 Å². The van der Waals surface area contributed by atoms with Crippen molar-refractivity contribution in [3.8, 4) is 16.9 Å². The molecule has 138 valence electrons. The second-order valence-corrected chi connectivity index (χ2v) is 6.18. The number of rotatable bonds is 5. The van der Waals surface area contributed by atoms with E-state index in [-0.39, 0.29) is 0 Å². The molecule has 0 aromatic heterocycles. The third-order valence-electron chi connectivity index (χ3n) is 4.20. The normalized spacial score (nSPS) is 11.3. The molecule has 0 bridgehead atoms. The Morgan fingerprint density at radius 1 is 0.926 bits per heavy atom. The predicted octanol–water partition coefficient (Wildman–Crippen LogP) is 6.07. The van der Waals surface area contributed by atoms with Crippen LogP contribution < -0.4 is 4.74 Å². The Bertz CT molecular complexity index is 930. The molecule has 0 aliphatic carbocycles. The topological polar surface area (TPSA) is 26.3 Å². The summed E-state index contributed by atoms with van der Waals surface area (Å²) in [7, 11) is 0. The number of ether oxygens (including phenoxy) is 1. The van der Waals surface area contributed by atoms with Crippen LogP contribution in [0.2, 0.25) is 0 Å². The third-order valence-corrected chi connectivity index (χ3v) is 4.20. The Balaban J connectivity index is 1.88. The van der Waals surface area contributed by atoms with Crippen molar-refractivity contribution in [1.29, 1.82) is 0 Å². The van der Waals surface area contributed by atoms with Gasteiger partial charge in [-0.05, 0) is 53.4 Å². The Morgan fingerprint density at radius 3 is 2.19 bits per heavy atom. The van der Waals surface area contributed by atoms with Crippen LogP contribution in [0.1, 0.15) is 27.0 Å². The summed E-state index contributed by atoms with van der Waals surface area (Å²) in [5, 5.41) is 0. The molecule has 0 N–H and O–H groups in total. The lowest BCUT2D eigenvalue weighted by Gasteiger charge is -2.14. The fourth-order valence-electron chi connectivity index (χ4n) is 2.83. The minimum atomic E-state index is -4.38. The van der Waals surface area contributed by atoms with Crippen molar-refractivity contribution < 1.29 is 22.7 Å². The zero-order chi connectivity index (χ0) is 19.4. The first kappa shape index (κ1) is 18.7. The van der Waals surface area contributed by atoms with Gasteiger partial charge in [-0.1, -0.05) is 42.5 Å². The third kappa shape index (κ3) is 4.37. The first-order valence-corrected chi connectivity index (χ1v) is 8.32. The van der Waals surface area contributed by atoms with E-state index in [0.29, 0.717) is 35.3 Å². The molecule has 0 fully saturated rings. The van der Waals surface area contributed by atoms with Gasteiger partial charge in [-0.3, -0.25) is 4.79 Å². The molecule has 0 spiro atoms. The van der Waals surface area contributed by atoms with Gasteiger partial charge in [0.05, 0.1) is 11.1 Å². The van der Waals surface area contributed by atoms with Crippen LogP contribution in [0.25, 0.3) is 11.1 Å². The fourth-order valence-corrected chi connectivity index (χ4v) is 2.83. The summed E-state index contributed by atoms with van der Waals surface area (Å²) in [6.45, 7) is 2.13. The molecule has 0 unspecified atom stereocenters. The van der Waals surface area contributed by atoms with Crippen molar-refractivity contribution in [2.75, 3.05) is 0 Å². The summed E-state index contributed by atoms with van der Waals surface area (Å²) in [5.74, 6) is 0.476. The Hall–Kier alpha value is -3.08. The maximum atomic E-state index is 12.7. The predicted molar refractivity (Wildman–Crippen MR) is 97.8 cm³/mol. The maximum Gasteiger partial charge on any atom is 0.416 e. The Morgan fingerprint density at radius 2 is 1.59 bits per heavy atom. The molecule has 0 aliphatic rings. The number of alkyl halides is 3. The maximum absolute atomic E-state index is 12.7. The summed E-state index contributed by atoms with van der Waals surface area (Å²) in [5.41, 5.74) is 2.63. The number of aryl methyl sites for hydroxylation is 1. The van der Waals surface area contributed by atoms with Crippen LogP contribution in [0.15, 0.2) is 66.7 Å². The van der Waals surface area contributed by atoms with Crippen LogP contribution >= 0.6 is 0 Å². The Kier molecular flexibility index (Phi) is 5.31. The Labute approximate surface area is 155 Å². The molecule has 0 aliphatic heterocycles. The van der Waals surface area contributed by atoms with Crippen LogP contribution in [0.3, 0.4) is 0 Å². The number of carbonyl (C=O) groups is 1. The van der Waals surface area contributed by atoms with Gasteiger partial charge in [0.25, 0.3) is 0 Å². The first-order valence-electron chi connectivity index (χ1n) is 8.32. The van der Waals surface area contributed by atoms with Crippen molar-refractivity contribution in [3.05, 3.63) is 89.0 Å². The molecule has 3 aromatic carbocycles. The molecule has 5 heteroatoms. The molecule has 0 amide bonds. The number of aldehydes is 1. The smallest absolute Gasteiger partial charge is 0.416 e. The van der Waals surface area contributed by atoms with Crippen LogP contribution in [0.5, 0.6) is 5.75 Å². The summed E-state index contributed by atoms with van der Waals surface area (Å²) >= 11 is 0. The van der Waals surface area contributed by atoms with Crippen molar-refractivity contribution in [1.82, 2.24) is 0 Å². The van der Waals surface area contributed by atoms with E-state index >= 15 is 0 Å². The average Bonchev–Trinajstić information content (AvgIpc) is 2.66. The van der Waals surface area contributed by atoms with E-state index in [1.54, 1.807) is 19.1 Å². The van der Waals surface area contributed by atoms with E-state index in [2.05, 4.69) is 0 Å². The zero-order valence-electron chi connectivity index (χ0n) is 14.6. The van der Waals surface area contributed by atoms with Gasteiger partial charge >= 0.3 is 6.18 Å². The summed E-state index contributed by atoms with van der Waals surface area (Å²) in [6.07, 6.45) is -3.68. The van der Waals surface area contributed by atoms with E-state index in [4.69, 9.17) is 4.74 Å². The number of hydrogen-bond acceptors (Lipinski definition) is 2. The highest BCUT2D eigenvalue weighted by Crippen LogP contribution is 2.33. The second-order valence-electron chi connectivity index (χ2n) is 6.18. The van der Waals surface area contributed by atoms with Gasteiger partial charge in [0.2, 0.25) is 0 Å². The molecular formula is C22H17F3O2. The molecule has 0 saturated heterocycles. The van der Waals surface area contributed by atoms with Gasteiger partial charge in [0, 0.05) is 0 Å². The average molecular weight is 370 g/mol. The minimum Gasteiger partial charge on any atom is -0.488 e. The van der Waals surface area contributed by atoms with Crippen molar-refractivity contribution in [2.24, 2.45) is 0 Å². The molecule has 0 heterocycles. The molecule has 2 nitrogen and oxygen atoms in total. The van der Waals surface area contributed by atoms with E-state index in [9.17, 15) is 18.0 Å². The largest absolute Gasteiger partial charge is 0.488 e. The van der Waals surface area contributed by atoms with E-state index in [1.165, 1.54) is 12.1 Å². The number of hydrogen-bond donors (Lipinski definition) is 0. The molecule has 3 aromatic rings. The summed E-state index contributed by atoms with van der Waals surface area (Å²) < 4.78 is 44.0. The van der Waals surface area contributed by atoms with Crippen LogP contribution in [0, 0.1) is 6.92 Å². The van der Waals surface area contributed by atoms with Crippen molar-refractivity contribution in [3.63, 3.8) is 0 Å². The highest BCUT2D eigenvalue weighted by atomic mass is 19.4. The quantitative estimate of drug-likeness (QED) is 0.509. The lowest BCUT2D eigenvalue weighted by molar-refractivity contribution is -0.137. The standard InChI is InChI=1S/C22H17F3O2/c1-15-11-18(17-7-9-20(10-8-17)22(23,24)25)12-19(13-26)21(15)27-14-16-5-3-2-4-6-16/h2-13H,14H2,1H3. The zero-order valence-corrected chi connectivity index (χ0v) is 14.6. The first-order chi connectivity index (χ1) is 12.9. The SMILES string of the molecule is Cc1cc(-c2ccc(C(F)(F)F)cc2)cc(C=O)c1OCc1ccccc1. The van der Waals surface area contributed by atoms with Gasteiger partial charge in [0.15, 0.2) is 6.29 Å². The molecule has 0 atom stereocenters. The van der Waals surface area contributed by atoms with Gasteiger partial charge in [0.1, 0.15) is 12.4 Å². The van der Waals surface area contributed by atoms with Gasteiger partial charge in [-0.25, -0.2) is 0 Å². The van der Waals surface area contributed by atoms with Crippen LogP contribution in [0.4, 0.5) is 13.2 Å². The number of carbonyl (C=O) groups excluding carboxylic acids is 1. The number of benzene rings is 3. The lowest BCUT2D eigenvalue weighted by atomic mass is 9.98. The van der Waals surface area contributed by atoms with Crippen LogP contribution in [-0.4, -0.2) is 6.29 Å². The molecule has 27 heavy (non-hydrogen) atoms. The molecule has 0 saturated carbocycles. The highest BCUT2D eigenvalue weighted by molar-refractivity contribution is 5.84. The number of halogens is 3. The van der Waals surface area contributed by atoms with Gasteiger partial charge < -0.3 is 4.74 Å². The molecule has 0 radical (unpaired) electrons. The van der Waals surface area contributed by atoms with Crippen molar-refractivity contribution in [2.45, 2.75) is 19.7 Å². The van der Waals surface area contributed by atoms with Gasteiger partial charge in [-0.15, -0.1) is 0 Å². The fraction of sp³-hybridized carbons (Fsp3) is 0.136. The van der Waals surface area contributed by atoms with E-state index in [1.807, 2.05) is 30.3 Å². The summed E-state index contributed by atoms with van der Waals surface area (Å²) in [4.78, 5) is 11.5. The lowest BCUT2D eigenvalue weighted by Crippen LogP contribution is -2.04. The summed E-state index contributed by atoms with van der Waals surface area (Å²) in [6, 6.07) is 17.9. The van der Waals surface area contributed by atoms with Crippen molar-refractivity contribution >= 4 is 6.29 Å². The highest BCUT2D eigenvalue weighted by Gasteiger charge is 2.30. The second kappa shape index (κ2) is 7.66. The van der Waals surface area contributed by atoms with Crippen LogP contribution in [-0.2, 0) is 12.8 Å². The van der Waals surface area contributed by atoms with E-state index in [0.717, 1.165) is 23.3 Å². The molecule has 3 rings (SSSR count). The monoisotopic (exact) mass is 370 g/mol. The minimum absolute atomic E-state index is 0.322. The molecular weight excluding hydrogens is 353 g/mol. The van der Waals surface area contributed by atoms with E-state index < -0.39 is 11.7 Å².